The Morgan fingerprint density at radius 1 is 1.38 bits per heavy atom. The lowest BCUT2D eigenvalue weighted by molar-refractivity contribution is -0.134. The number of hydrogen-bond acceptors (Lipinski definition) is 2. The van der Waals surface area contributed by atoms with E-state index in [-0.39, 0.29) is 0 Å². The quantitative estimate of drug-likeness (QED) is 0.478. The van der Waals surface area contributed by atoms with Crippen LogP contribution in [0.25, 0.3) is 0 Å². The Hall–Kier alpha value is -0.930. The summed E-state index contributed by atoms with van der Waals surface area (Å²) in [4.78, 5) is 17.8. The first-order chi connectivity index (χ1) is 3.46. The summed E-state index contributed by atoms with van der Waals surface area (Å²) in [6, 6.07) is -1.33. The predicted octanol–water partition coefficient (Wildman–Crippen LogP) is 0.593. The summed E-state index contributed by atoms with van der Waals surface area (Å²) in [6.45, 7) is 1.94. The van der Waals surface area contributed by atoms with Gasteiger partial charge in [-0.1, -0.05) is 0 Å². The maximum atomic E-state index is 10.4. The first-order valence-corrected chi connectivity index (χ1v) is 1.82. The molecule has 0 heterocycles. The summed E-state index contributed by atoms with van der Waals surface area (Å²) in [5.41, 5.74) is 0. The first kappa shape index (κ1) is 10.1. The number of carbonyl (C=O) groups excluding carboxylic acids is 1. The first-order valence-electron chi connectivity index (χ1n) is 1.82. The van der Waals surface area contributed by atoms with Crippen LogP contribution < -0.4 is 0 Å². The lowest BCUT2D eigenvalue weighted by Gasteiger charge is -1.59. The second-order valence-corrected chi connectivity index (χ2v) is 0.989. The van der Waals surface area contributed by atoms with Crippen LogP contribution in [0.3, 0.4) is 0 Å². The van der Waals surface area contributed by atoms with Crippen LogP contribution in [-0.4, -0.2) is 17.1 Å². The van der Waals surface area contributed by atoms with Crippen LogP contribution in [0.4, 0.5) is 4.39 Å². The third-order valence-corrected chi connectivity index (χ3v) is 0. The van der Waals surface area contributed by atoms with E-state index in [4.69, 9.17) is 14.7 Å². The van der Waals surface area contributed by atoms with Gasteiger partial charge in [-0.25, -0.2) is 0 Å². The van der Waals surface area contributed by atoms with Crippen LogP contribution in [0.1, 0.15) is 13.8 Å². The second-order valence-electron chi connectivity index (χ2n) is 0.989. The van der Waals surface area contributed by atoms with E-state index in [1.807, 2.05) is 0 Å². The van der Waals surface area contributed by atoms with Crippen molar-refractivity contribution in [3.8, 4) is 0 Å². The number of carbonyl (C=O) groups is 2. The van der Waals surface area contributed by atoms with E-state index in [9.17, 15) is 4.39 Å². The Morgan fingerprint density at radius 3 is 1.38 bits per heavy atom. The van der Waals surface area contributed by atoms with Gasteiger partial charge in [0, 0.05) is 13.8 Å². The molecule has 0 radical (unpaired) electrons. The van der Waals surface area contributed by atoms with Crippen LogP contribution >= 0.6 is 0 Å². The number of hydrogen-bond donors (Lipinski definition) is 1. The second kappa shape index (κ2) is 6.07. The number of carboxylic acids is 1. The number of rotatable bonds is 0. The average molecular weight is 122 g/mol. The fourth-order valence-electron chi connectivity index (χ4n) is 0. The third kappa shape index (κ3) is 97.1. The Labute approximate surface area is 46.1 Å². The molecular weight excluding hydrogens is 115 g/mol. The molecule has 0 rings (SSSR count). The maximum Gasteiger partial charge on any atom is 0.300 e. The molecular formula is C4H7FO3. The zero-order valence-corrected chi connectivity index (χ0v) is 4.64. The molecule has 0 fully saturated rings. The van der Waals surface area contributed by atoms with Crippen LogP contribution in [0, 0.1) is 0 Å². The molecule has 0 aliphatic rings. The fraction of sp³-hybridized carbons (Fsp3) is 0.500. The van der Waals surface area contributed by atoms with Crippen LogP contribution in [0.5, 0.6) is 0 Å². The molecule has 0 saturated carbocycles. The molecule has 0 bridgehead atoms. The van der Waals surface area contributed by atoms with Crippen molar-refractivity contribution in [3.63, 3.8) is 0 Å². The fourth-order valence-corrected chi connectivity index (χ4v) is 0. The van der Waals surface area contributed by atoms with Crippen molar-refractivity contribution in [2.45, 2.75) is 13.8 Å². The van der Waals surface area contributed by atoms with Crippen LogP contribution in [-0.2, 0) is 9.59 Å². The van der Waals surface area contributed by atoms with E-state index in [2.05, 4.69) is 0 Å². The summed E-state index contributed by atoms with van der Waals surface area (Å²) < 4.78 is 10.4. The molecule has 0 atom stereocenters. The van der Waals surface area contributed by atoms with Crippen molar-refractivity contribution in [2.75, 3.05) is 0 Å². The molecule has 8 heavy (non-hydrogen) atoms. The highest BCUT2D eigenvalue weighted by Gasteiger charge is 1.69. The Morgan fingerprint density at radius 2 is 1.38 bits per heavy atom. The predicted molar refractivity (Wildman–Crippen MR) is 25.1 cm³/mol. The Balaban J connectivity index is 0. The van der Waals surface area contributed by atoms with E-state index in [0.29, 0.717) is 0 Å². The number of carboxylic acid groups (broad SMARTS) is 1. The smallest absolute Gasteiger partial charge is 0.300 e. The molecule has 0 aliphatic carbocycles. The van der Waals surface area contributed by atoms with Gasteiger partial charge in [-0.15, -0.1) is 0 Å². The van der Waals surface area contributed by atoms with Crippen LogP contribution in [0.15, 0.2) is 0 Å². The summed E-state index contributed by atoms with van der Waals surface area (Å²) in [7, 11) is 0. The van der Waals surface area contributed by atoms with E-state index >= 15 is 0 Å². The van der Waals surface area contributed by atoms with Gasteiger partial charge in [0.1, 0.15) is 0 Å². The molecule has 1 N–H and O–H groups in total. The van der Waals surface area contributed by atoms with Gasteiger partial charge in [-0.3, -0.25) is 9.59 Å². The van der Waals surface area contributed by atoms with Gasteiger partial charge in [0.05, 0.1) is 0 Å². The zero-order valence-electron chi connectivity index (χ0n) is 4.64. The topological polar surface area (TPSA) is 54.4 Å². The van der Waals surface area contributed by atoms with Gasteiger partial charge in [0.15, 0.2) is 0 Å². The average Bonchev–Trinajstić information content (AvgIpc) is 1.25. The van der Waals surface area contributed by atoms with Gasteiger partial charge < -0.3 is 5.11 Å². The van der Waals surface area contributed by atoms with Gasteiger partial charge in [-0.05, 0) is 0 Å². The van der Waals surface area contributed by atoms with Crippen molar-refractivity contribution >= 4 is 12.0 Å². The largest absolute Gasteiger partial charge is 0.481 e. The summed E-state index contributed by atoms with van der Waals surface area (Å²) in [5.74, 6) is -0.833. The zero-order chi connectivity index (χ0) is 7.15. The number of halogens is 1. The van der Waals surface area contributed by atoms with Gasteiger partial charge in [-0.2, -0.15) is 4.39 Å². The van der Waals surface area contributed by atoms with E-state index < -0.39 is 12.0 Å². The normalized spacial score (nSPS) is 6.38. The van der Waals surface area contributed by atoms with Gasteiger partial charge >= 0.3 is 0 Å². The van der Waals surface area contributed by atoms with Crippen molar-refractivity contribution < 1.29 is 19.1 Å². The molecule has 0 amide bonds. The van der Waals surface area contributed by atoms with E-state index in [1.54, 1.807) is 0 Å². The molecule has 0 aromatic carbocycles. The molecule has 4 heteroatoms. The SMILES string of the molecule is CC(=O)F.CC(=O)O. The van der Waals surface area contributed by atoms with Crippen molar-refractivity contribution in [1.82, 2.24) is 0 Å². The van der Waals surface area contributed by atoms with Crippen molar-refractivity contribution in [2.24, 2.45) is 0 Å². The molecule has 3 nitrogen and oxygen atoms in total. The van der Waals surface area contributed by atoms with Gasteiger partial charge in [0.25, 0.3) is 12.0 Å². The maximum absolute atomic E-state index is 10.4. The standard InChI is InChI=1S/C2H3FO.C2H4O2/c2*1-2(3)4/h1H3;1H3,(H,3,4). The minimum atomic E-state index is -1.33. The summed E-state index contributed by atoms with van der Waals surface area (Å²) >= 11 is 0. The molecule has 48 valence electrons. The molecule has 0 unspecified atom stereocenters. The highest BCUT2D eigenvalue weighted by molar-refractivity contribution is 5.64. The summed E-state index contributed by atoms with van der Waals surface area (Å²) in [6.07, 6.45) is 0. The minimum absolute atomic E-state index is 0.833. The lowest BCUT2D eigenvalue weighted by atomic mass is 10.9. The highest BCUT2D eigenvalue weighted by atomic mass is 19.1. The molecule has 0 aliphatic heterocycles. The minimum Gasteiger partial charge on any atom is -0.481 e. The van der Waals surface area contributed by atoms with Crippen molar-refractivity contribution in [3.05, 3.63) is 0 Å². The van der Waals surface area contributed by atoms with Crippen molar-refractivity contribution in [1.29, 1.82) is 0 Å². The van der Waals surface area contributed by atoms with Crippen LogP contribution in [0.2, 0.25) is 0 Å². The van der Waals surface area contributed by atoms with E-state index in [1.165, 1.54) is 0 Å². The molecule has 0 spiro atoms. The highest BCUT2D eigenvalue weighted by Crippen LogP contribution is 1.58. The molecule has 0 aromatic heterocycles. The Kier molecular flexibility index (Phi) is 7.69. The monoisotopic (exact) mass is 122 g/mol. The molecule has 0 aromatic rings. The van der Waals surface area contributed by atoms with Gasteiger partial charge in [0.2, 0.25) is 0 Å². The van der Waals surface area contributed by atoms with E-state index in [0.717, 1.165) is 13.8 Å². The molecule has 0 saturated heterocycles. The lowest BCUT2D eigenvalue weighted by Crippen LogP contribution is -1.78. The Bertz CT molecular complexity index is 69.3. The third-order valence-electron chi connectivity index (χ3n) is 0. The number of aliphatic carboxylic acids is 1. The summed E-state index contributed by atoms with van der Waals surface area (Å²) in [5, 5.41) is 7.42.